The quantitative estimate of drug-likeness (QED) is 0.754. The number of aliphatic hydroxyl groups is 1. The van der Waals surface area contributed by atoms with E-state index in [1.165, 1.54) is 0 Å². The minimum absolute atomic E-state index is 0.192. The Morgan fingerprint density at radius 3 is 3.16 bits per heavy atom. The number of nitrogens with zero attached hydrogens (tertiary/aromatic N) is 2. The summed E-state index contributed by atoms with van der Waals surface area (Å²) < 4.78 is 11.3. The Balaban J connectivity index is 1.73. The van der Waals surface area contributed by atoms with E-state index in [4.69, 9.17) is 15.2 Å². The molecule has 0 aliphatic carbocycles. The second kappa shape index (κ2) is 5.15. The molecule has 2 aliphatic rings. The molecule has 104 valence electrons. The summed E-state index contributed by atoms with van der Waals surface area (Å²) >= 11 is 0. The van der Waals surface area contributed by atoms with Gasteiger partial charge in [-0.1, -0.05) is 6.07 Å². The Labute approximate surface area is 112 Å². The van der Waals surface area contributed by atoms with Gasteiger partial charge >= 0.3 is 0 Å². The Morgan fingerprint density at radius 1 is 1.58 bits per heavy atom. The highest BCUT2D eigenvalue weighted by Crippen LogP contribution is 2.30. The van der Waals surface area contributed by atoms with Crippen LogP contribution < -0.4 is 5.73 Å². The van der Waals surface area contributed by atoms with Crippen molar-refractivity contribution in [2.45, 2.75) is 37.1 Å². The summed E-state index contributed by atoms with van der Waals surface area (Å²) in [5.74, 6) is 0. The van der Waals surface area contributed by atoms with E-state index in [0.29, 0.717) is 13.2 Å². The van der Waals surface area contributed by atoms with Crippen LogP contribution in [0.3, 0.4) is 0 Å². The highest BCUT2D eigenvalue weighted by atomic mass is 16.7. The van der Waals surface area contributed by atoms with E-state index in [1.807, 2.05) is 30.3 Å². The van der Waals surface area contributed by atoms with E-state index in [-0.39, 0.29) is 12.1 Å². The fourth-order valence-corrected chi connectivity index (χ4v) is 2.78. The molecular formula is C13H19N3O3. The van der Waals surface area contributed by atoms with Crippen LogP contribution in [0.15, 0.2) is 24.5 Å². The van der Waals surface area contributed by atoms with E-state index in [0.717, 1.165) is 5.56 Å². The van der Waals surface area contributed by atoms with Crippen molar-refractivity contribution in [1.29, 1.82) is 0 Å². The number of ether oxygens (including phenoxy) is 2. The third kappa shape index (κ3) is 2.37. The van der Waals surface area contributed by atoms with Crippen LogP contribution in [0, 0.1) is 0 Å². The predicted molar refractivity (Wildman–Crippen MR) is 68.1 cm³/mol. The summed E-state index contributed by atoms with van der Waals surface area (Å²) in [7, 11) is 1.93. The molecule has 5 atom stereocenters. The first-order valence-electron chi connectivity index (χ1n) is 6.46. The van der Waals surface area contributed by atoms with Gasteiger partial charge in [0.05, 0.1) is 24.8 Å². The molecule has 0 amide bonds. The van der Waals surface area contributed by atoms with Crippen LogP contribution in [-0.2, 0) is 16.0 Å². The van der Waals surface area contributed by atoms with Crippen LogP contribution in [0.4, 0.5) is 0 Å². The van der Waals surface area contributed by atoms with Crippen molar-refractivity contribution < 1.29 is 14.6 Å². The van der Waals surface area contributed by atoms with E-state index in [2.05, 4.69) is 4.98 Å². The molecule has 19 heavy (non-hydrogen) atoms. The number of fused-ring (bicyclic) bond motifs is 2. The zero-order chi connectivity index (χ0) is 13.4. The fourth-order valence-electron chi connectivity index (χ4n) is 2.78. The lowest BCUT2D eigenvalue weighted by Crippen LogP contribution is -2.62. The van der Waals surface area contributed by atoms with E-state index >= 15 is 0 Å². The standard InChI is InChI=1S/C13H19N3O3/c1-16(6-8-3-2-4-15-5-8)11-12(17)10(14)9-7-18-13(11)19-9/h2-5,9-13,17H,6-7,14H2,1H3/t9-,10-,11+,12-,13-/m1/s1. The maximum Gasteiger partial charge on any atom is 0.176 e. The van der Waals surface area contributed by atoms with Gasteiger partial charge in [0.2, 0.25) is 0 Å². The smallest absolute Gasteiger partial charge is 0.176 e. The predicted octanol–water partition coefficient (Wildman–Crippen LogP) is -0.675. The van der Waals surface area contributed by atoms with Gasteiger partial charge in [0, 0.05) is 18.9 Å². The van der Waals surface area contributed by atoms with Crippen LogP contribution >= 0.6 is 0 Å². The van der Waals surface area contributed by atoms with E-state index < -0.39 is 18.4 Å². The van der Waals surface area contributed by atoms with Gasteiger partial charge in [-0.25, -0.2) is 0 Å². The molecule has 0 aromatic carbocycles. The van der Waals surface area contributed by atoms with E-state index in [1.54, 1.807) is 6.20 Å². The zero-order valence-electron chi connectivity index (χ0n) is 10.8. The summed E-state index contributed by atoms with van der Waals surface area (Å²) in [6.45, 7) is 1.12. The van der Waals surface area contributed by atoms with Crippen LogP contribution in [0.1, 0.15) is 5.56 Å². The molecule has 0 spiro atoms. The maximum absolute atomic E-state index is 10.3. The molecule has 3 rings (SSSR count). The second-order valence-electron chi connectivity index (χ2n) is 5.21. The molecule has 6 nitrogen and oxygen atoms in total. The normalized spacial score (nSPS) is 37.8. The van der Waals surface area contributed by atoms with Gasteiger partial charge in [0.1, 0.15) is 6.10 Å². The average molecular weight is 265 g/mol. The van der Waals surface area contributed by atoms with Crippen molar-refractivity contribution in [2.75, 3.05) is 13.7 Å². The third-order valence-electron chi connectivity index (χ3n) is 3.85. The van der Waals surface area contributed by atoms with E-state index in [9.17, 15) is 5.11 Å². The van der Waals surface area contributed by atoms with Crippen molar-refractivity contribution in [3.05, 3.63) is 30.1 Å². The molecular weight excluding hydrogens is 246 g/mol. The minimum Gasteiger partial charge on any atom is -0.390 e. The fraction of sp³-hybridized carbons (Fsp3) is 0.615. The van der Waals surface area contributed by atoms with Gasteiger partial charge in [-0.05, 0) is 18.7 Å². The number of likely N-dealkylation sites (N-methyl/N-ethyl adjacent to an activating group) is 1. The topological polar surface area (TPSA) is 80.8 Å². The lowest BCUT2D eigenvalue weighted by atomic mass is 9.96. The number of hydrogen-bond acceptors (Lipinski definition) is 6. The maximum atomic E-state index is 10.3. The molecule has 2 fully saturated rings. The summed E-state index contributed by atoms with van der Waals surface area (Å²) in [5, 5.41) is 10.3. The Hall–Kier alpha value is -1.05. The summed E-state index contributed by atoms with van der Waals surface area (Å²) in [4.78, 5) is 6.10. The first-order valence-corrected chi connectivity index (χ1v) is 6.46. The number of aromatic nitrogens is 1. The van der Waals surface area contributed by atoms with Gasteiger partial charge in [-0.15, -0.1) is 0 Å². The second-order valence-corrected chi connectivity index (χ2v) is 5.21. The van der Waals surface area contributed by atoms with Crippen molar-refractivity contribution in [1.82, 2.24) is 9.88 Å². The van der Waals surface area contributed by atoms with Crippen LogP contribution in [-0.4, -0.2) is 59.2 Å². The van der Waals surface area contributed by atoms with Crippen molar-refractivity contribution in [2.24, 2.45) is 5.73 Å². The zero-order valence-corrected chi connectivity index (χ0v) is 10.8. The molecule has 6 heteroatoms. The van der Waals surface area contributed by atoms with Crippen LogP contribution in [0.2, 0.25) is 0 Å². The van der Waals surface area contributed by atoms with Gasteiger partial charge in [0.15, 0.2) is 6.29 Å². The van der Waals surface area contributed by atoms with Crippen molar-refractivity contribution in [3.63, 3.8) is 0 Å². The first-order chi connectivity index (χ1) is 9.16. The molecule has 0 radical (unpaired) electrons. The average Bonchev–Trinajstić information content (AvgIpc) is 2.84. The summed E-state index contributed by atoms with van der Waals surface area (Å²) in [6.07, 6.45) is 2.31. The SMILES string of the molecule is CN(Cc1cccnc1)[C@@H]1[C@@H]2OC[C@@H](O2)[C@@H](N)[C@H]1O. The van der Waals surface area contributed by atoms with Gasteiger partial charge in [0.25, 0.3) is 0 Å². The van der Waals surface area contributed by atoms with Crippen LogP contribution in [0.25, 0.3) is 0 Å². The number of pyridine rings is 1. The Morgan fingerprint density at radius 2 is 2.42 bits per heavy atom. The van der Waals surface area contributed by atoms with Crippen molar-refractivity contribution in [3.8, 4) is 0 Å². The number of nitrogens with two attached hydrogens (primary N) is 1. The molecule has 1 aromatic heterocycles. The van der Waals surface area contributed by atoms with Gasteiger partial charge < -0.3 is 20.3 Å². The molecule has 2 saturated heterocycles. The molecule has 2 bridgehead atoms. The molecule has 0 unspecified atom stereocenters. The van der Waals surface area contributed by atoms with Gasteiger partial charge in [-0.2, -0.15) is 0 Å². The number of rotatable bonds is 3. The summed E-state index contributed by atoms with van der Waals surface area (Å²) in [6, 6.07) is 3.23. The Kier molecular flexibility index (Phi) is 3.51. The Bertz CT molecular complexity index is 430. The molecule has 2 aliphatic heterocycles. The van der Waals surface area contributed by atoms with Crippen molar-refractivity contribution >= 4 is 0 Å². The lowest BCUT2D eigenvalue weighted by Gasteiger charge is -2.41. The summed E-state index contributed by atoms with van der Waals surface area (Å²) in [5.41, 5.74) is 7.06. The largest absolute Gasteiger partial charge is 0.390 e. The molecule has 3 heterocycles. The molecule has 3 N–H and O–H groups in total. The van der Waals surface area contributed by atoms with Gasteiger partial charge in [-0.3, -0.25) is 9.88 Å². The highest BCUT2D eigenvalue weighted by Gasteiger charge is 2.50. The first kappa shape index (κ1) is 13.0. The number of hydrogen-bond donors (Lipinski definition) is 2. The minimum atomic E-state index is -0.645. The number of aliphatic hydroxyl groups excluding tert-OH is 1. The molecule has 0 saturated carbocycles. The highest BCUT2D eigenvalue weighted by molar-refractivity contribution is 5.09. The third-order valence-corrected chi connectivity index (χ3v) is 3.85. The van der Waals surface area contributed by atoms with Crippen LogP contribution in [0.5, 0.6) is 0 Å². The molecule has 1 aromatic rings. The lowest BCUT2D eigenvalue weighted by molar-refractivity contribution is -0.175. The monoisotopic (exact) mass is 265 g/mol.